The number of carbonyl (C=O) groups is 1. The van der Waals surface area contributed by atoms with Gasteiger partial charge in [-0.2, -0.15) is 0 Å². The summed E-state index contributed by atoms with van der Waals surface area (Å²) < 4.78 is 10.8. The summed E-state index contributed by atoms with van der Waals surface area (Å²) in [6, 6.07) is 3.66. The fraction of sp³-hybridized carbons (Fsp3) is 0.588. The van der Waals surface area contributed by atoms with Crippen LogP contribution >= 0.6 is 11.6 Å². The number of benzene rings is 1. The molecule has 0 radical (unpaired) electrons. The molecule has 5 nitrogen and oxygen atoms in total. The Labute approximate surface area is 142 Å². The van der Waals surface area contributed by atoms with Crippen LogP contribution in [-0.2, 0) is 11.3 Å². The van der Waals surface area contributed by atoms with Gasteiger partial charge in [-0.1, -0.05) is 25.4 Å². The Balaban J connectivity index is 2.70. The van der Waals surface area contributed by atoms with Crippen molar-refractivity contribution in [3.8, 4) is 11.5 Å². The number of methoxy groups -OCH3 is 1. The Morgan fingerprint density at radius 3 is 2.61 bits per heavy atom. The molecule has 0 saturated heterocycles. The first-order valence-corrected chi connectivity index (χ1v) is 8.19. The molecule has 0 saturated carbocycles. The van der Waals surface area contributed by atoms with Crippen LogP contribution in [0, 0.1) is 11.8 Å². The normalized spacial score (nSPS) is 12.3. The number of halogens is 1. The summed E-state index contributed by atoms with van der Waals surface area (Å²) in [5.74, 6) is 0.290. The van der Waals surface area contributed by atoms with E-state index in [2.05, 4.69) is 5.32 Å². The zero-order valence-electron chi connectivity index (χ0n) is 14.2. The largest absolute Gasteiger partial charge is 0.493 e. The zero-order valence-corrected chi connectivity index (χ0v) is 14.9. The van der Waals surface area contributed by atoms with E-state index in [1.165, 1.54) is 0 Å². The first-order chi connectivity index (χ1) is 10.9. The van der Waals surface area contributed by atoms with Crippen LogP contribution < -0.4 is 14.8 Å². The van der Waals surface area contributed by atoms with Crippen LogP contribution in [0.4, 0.5) is 0 Å². The zero-order chi connectivity index (χ0) is 17.4. The predicted molar refractivity (Wildman–Crippen MR) is 91.5 cm³/mol. The van der Waals surface area contributed by atoms with Crippen LogP contribution in [0.15, 0.2) is 12.1 Å². The van der Waals surface area contributed by atoms with Crippen molar-refractivity contribution < 1.29 is 19.4 Å². The molecule has 0 aliphatic carbocycles. The van der Waals surface area contributed by atoms with Crippen LogP contribution in [0.2, 0.25) is 5.02 Å². The van der Waals surface area contributed by atoms with E-state index in [0.29, 0.717) is 48.6 Å². The molecule has 1 rings (SSSR count). The molecular weight excluding hydrogens is 318 g/mol. The van der Waals surface area contributed by atoms with Gasteiger partial charge >= 0.3 is 5.97 Å². The van der Waals surface area contributed by atoms with E-state index in [4.69, 9.17) is 21.1 Å². The minimum absolute atomic E-state index is 0.345. The lowest BCUT2D eigenvalue weighted by atomic mass is 9.97. The molecule has 0 fully saturated rings. The molecule has 1 unspecified atom stereocenters. The number of rotatable bonds is 10. The van der Waals surface area contributed by atoms with Gasteiger partial charge < -0.3 is 19.9 Å². The third kappa shape index (κ3) is 6.28. The molecule has 0 amide bonds. The maximum Gasteiger partial charge on any atom is 0.307 e. The van der Waals surface area contributed by atoms with E-state index in [9.17, 15) is 9.90 Å². The van der Waals surface area contributed by atoms with Crippen molar-refractivity contribution in [1.29, 1.82) is 0 Å². The van der Waals surface area contributed by atoms with Gasteiger partial charge in [-0.05, 0) is 37.0 Å². The highest BCUT2D eigenvalue weighted by atomic mass is 35.5. The molecule has 0 spiro atoms. The van der Waals surface area contributed by atoms with Gasteiger partial charge in [0.15, 0.2) is 11.5 Å². The van der Waals surface area contributed by atoms with E-state index in [1.54, 1.807) is 13.2 Å². The highest BCUT2D eigenvalue weighted by molar-refractivity contribution is 6.32. The second kappa shape index (κ2) is 9.63. The number of hydrogen-bond acceptors (Lipinski definition) is 4. The topological polar surface area (TPSA) is 67.8 Å². The summed E-state index contributed by atoms with van der Waals surface area (Å²) in [5, 5.41) is 12.9. The summed E-state index contributed by atoms with van der Waals surface area (Å²) in [6.07, 6.45) is 0.649. The van der Waals surface area contributed by atoms with E-state index < -0.39 is 11.9 Å². The van der Waals surface area contributed by atoms with Gasteiger partial charge in [-0.25, -0.2) is 0 Å². The first kappa shape index (κ1) is 19.6. The third-order valence-corrected chi connectivity index (χ3v) is 3.68. The molecule has 1 aromatic rings. The number of hydrogen-bond donors (Lipinski definition) is 2. The standard InChI is InChI=1S/C17H26ClNO4/c1-5-23-16-14(18)7-12(8-15(16)22-4)9-19-10-13(17(20)21)6-11(2)3/h7-8,11,13,19H,5-6,9-10H2,1-4H3,(H,20,21). The maximum absolute atomic E-state index is 11.3. The van der Waals surface area contributed by atoms with Gasteiger partial charge in [0, 0.05) is 13.1 Å². The average Bonchev–Trinajstić information content (AvgIpc) is 2.48. The van der Waals surface area contributed by atoms with Gasteiger partial charge in [-0.15, -0.1) is 0 Å². The van der Waals surface area contributed by atoms with Crippen LogP contribution in [0.5, 0.6) is 11.5 Å². The van der Waals surface area contributed by atoms with Gasteiger partial charge in [0.1, 0.15) is 0 Å². The van der Waals surface area contributed by atoms with Gasteiger partial charge in [0.25, 0.3) is 0 Å². The minimum atomic E-state index is -0.770. The minimum Gasteiger partial charge on any atom is -0.493 e. The van der Waals surface area contributed by atoms with E-state index in [-0.39, 0.29) is 0 Å². The molecule has 0 aliphatic rings. The molecule has 0 heterocycles. The monoisotopic (exact) mass is 343 g/mol. The summed E-state index contributed by atoms with van der Waals surface area (Å²) in [6.45, 7) is 7.36. The van der Waals surface area contributed by atoms with Crippen molar-refractivity contribution in [2.24, 2.45) is 11.8 Å². The molecule has 0 aliphatic heterocycles. The van der Waals surface area contributed by atoms with Crippen LogP contribution in [-0.4, -0.2) is 31.3 Å². The number of nitrogens with one attached hydrogen (secondary N) is 1. The van der Waals surface area contributed by atoms with E-state index in [1.807, 2.05) is 26.8 Å². The summed E-state index contributed by atoms with van der Waals surface area (Å²) in [7, 11) is 1.56. The van der Waals surface area contributed by atoms with Crippen molar-refractivity contribution in [3.63, 3.8) is 0 Å². The Bertz CT molecular complexity index is 520. The van der Waals surface area contributed by atoms with Gasteiger partial charge in [0.2, 0.25) is 0 Å². The lowest BCUT2D eigenvalue weighted by Crippen LogP contribution is -2.29. The molecule has 1 aromatic carbocycles. The second-order valence-electron chi connectivity index (χ2n) is 5.84. The quantitative estimate of drug-likeness (QED) is 0.679. The third-order valence-electron chi connectivity index (χ3n) is 3.40. The molecule has 6 heteroatoms. The Hall–Kier alpha value is -1.46. The molecule has 1 atom stereocenters. The van der Waals surface area contributed by atoms with Crippen LogP contribution in [0.1, 0.15) is 32.8 Å². The first-order valence-electron chi connectivity index (χ1n) is 7.81. The van der Waals surface area contributed by atoms with Crippen molar-refractivity contribution in [2.75, 3.05) is 20.3 Å². The lowest BCUT2D eigenvalue weighted by molar-refractivity contribution is -0.142. The Morgan fingerprint density at radius 2 is 2.09 bits per heavy atom. The second-order valence-corrected chi connectivity index (χ2v) is 6.24. The molecule has 130 valence electrons. The van der Waals surface area contributed by atoms with Crippen molar-refractivity contribution in [1.82, 2.24) is 5.32 Å². The lowest BCUT2D eigenvalue weighted by Gasteiger charge is -2.16. The predicted octanol–water partition coefficient (Wildman–Crippen LogP) is 3.58. The number of carboxylic acid groups (broad SMARTS) is 1. The van der Waals surface area contributed by atoms with Gasteiger partial charge in [0.05, 0.1) is 24.7 Å². The van der Waals surface area contributed by atoms with Crippen LogP contribution in [0.25, 0.3) is 0 Å². The summed E-state index contributed by atoms with van der Waals surface area (Å²) in [4.78, 5) is 11.3. The van der Waals surface area contributed by atoms with Crippen LogP contribution in [0.3, 0.4) is 0 Å². The average molecular weight is 344 g/mol. The highest BCUT2D eigenvalue weighted by Crippen LogP contribution is 2.36. The molecule has 23 heavy (non-hydrogen) atoms. The number of carboxylic acids is 1. The molecule has 2 N–H and O–H groups in total. The molecule has 0 bridgehead atoms. The number of aliphatic carboxylic acids is 1. The fourth-order valence-corrected chi connectivity index (χ4v) is 2.68. The van der Waals surface area contributed by atoms with E-state index >= 15 is 0 Å². The fourth-order valence-electron chi connectivity index (χ4n) is 2.39. The number of ether oxygens (including phenoxy) is 2. The smallest absolute Gasteiger partial charge is 0.307 e. The Kier molecular flexibility index (Phi) is 8.20. The highest BCUT2D eigenvalue weighted by Gasteiger charge is 2.18. The van der Waals surface area contributed by atoms with Crippen molar-refractivity contribution in [3.05, 3.63) is 22.7 Å². The summed E-state index contributed by atoms with van der Waals surface area (Å²) >= 11 is 6.23. The molecule has 0 aromatic heterocycles. The molecular formula is C17H26ClNO4. The van der Waals surface area contributed by atoms with Gasteiger partial charge in [-0.3, -0.25) is 4.79 Å². The van der Waals surface area contributed by atoms with Crippen molar-refractivity contribution in [2.45, 2.75) is 33.7 Å². The van der Waals surface area contributed by atoms with E-state index in [0.717, 1.165) is 5.56 Å². The van der Waals surface area contributed by atoms with Crippen molar-refractivity contribution >= 4 is 17.6 Å². The SMILES string of the molecule is CCOc1c(Cl)cc(CNCC(CC(C)C)C(=O)O)cc1OC. The Morgan fingerprint density at radius 1 is 1.39 bits per heavy atom. The maximum atomic E-state index is 11.3. The summed E-state index contributed by atoms with van der Waals surface area (Å²) in [5.41, 5.74) is 0.920.